The summed E-state index contributed by atoms with van der Waals surface area (Å²) in [5.41, 5.74) is 1.62. The fourth-order valence-corrected chi connectivity index (χ4v) is 1.95. The molecule has 1 aromatic carbocycles. The lowest BCUT2D eigenvalue weighted by molar-refractivity contribution is 0.250. The molecular weight excluding hydrogens is 230 g/mol. The van der Waals surface area contributed by atoms with Gasteiger partial charge >= 0.3 is 6.03 Å². The second-order valence-electron chi connectivity index (χ2n) is 3.95. The predicted octanol–water partition coefficient (Wildman–Crippen LogP) is 1.30. The van der Waals surface area contributed by atoms with Gasteiger partial charge < -0.3 is 0 Å². The van der Waals surface area contributed by atoms with Crippen LogP contribution in [0.4, 0.5) is 16.3 Å². The van der Waals surface area contributed by atoms with E-state index in [1.54, 1.807) is 11.1 Å². The molecule has 0 saturated carbocycles. The number of nitrogens with two attached hydrogens (primary N) is 1. The summed E-state index contributed by atoms with van der Waals surface area (Å²) in [5, 5.41) is 1.05. The number of hydrogen-bond donors (Lipinski definition) is 1. The number of anilines is 2. The molecular formula is C12H11N5O. The van der Waals surface area contributed by atoms with Gasteiger partial charge in [-0.05, 0) is 12.1 Å². The minimum absolute atomic E-state index is 0.299. The van der Waals surface area contributed by atoms with Gasteiger partial charge in [0.2, 0.25) is 0 Å². The molecule has 0 aliphatic carbocycles. The second-order valence-corrected chi connectivity index (χ2v) is 3.95. The van der Waals surface area contributed by atoms with Gasteiger partial charge in [-0.3, -0.25) is 4.90 Å². The summed E-state index contributed by atoms with van der Waals surface area (Å²) in [6, 6.07) is 9.07. The first-order valence-electron chi connectivity index (χ1n) is 5.47. The Morgan fingerprint density at radius 2 is 2.00 bits per heavy atom. The van der Waals surface area contributed by atoms with Crippen LogP contribution in [0.2, 0.25) is 0 Å². The summed E-state index contributed by atoms with van der Waals surface area (Å²) in [6.45, 7) is 0.423. The standard InChI is InChI=1S/C12H11N5O/c13-17-11-9(6-14-8-15-11)7-16(12(17)18)10-4-2-1-3-5-10/h1-6,8H,7,13H2. The molecule has 90 valence electrons. The van der Waals surface area contributed by atoms with Crippen molar-refractivity contribution in [3.05, 3.63) is 48.4 Å². The fourth-order valence-electron chi connectivity index (χ4n) is 1.95. The molecule has 0 unspecified atom stereocenters. The number of rotatable bonds is 1. The molecule has 0 fully saturated rings. The summed E-state index contributed by atoms with van der Waals surface area (Å²) in [7, 11) is 0. The highest BCUT2D eigenvalue weighted by atomic mass is 16.2. The van der Waals surface area contributed by atoms with E-state index >= 15 is 0 Å². The molecule has 1 aromatic heterocycles. The molecule has 1 aliphatic rings. The molecule has 0 saturated heterocycles. The number of benzene rings is 1. The lowest BCUT2D eigenvalue weighted by Gasteiger charge is -2.32. The molecule has 6 nitrogen and oxygen atoms in total. The molecule has 0 atom stereocenters. The molecule has 0 bridgehead atoms. The van der Waals surface area contributed by atoms with Crippen LogP contribution in [0, 0.1) is 0 Å². The average molecular weight is 241 g/mol. The van der Waals surface area contributed by atoms with E-state index in [2.05, 4.69) is 9.97 Å². The lowest BCUT2D eigenvalue weighted by atomic mass is 10.2. The fraction of sp³-hybridized carbons (Fsp3) is 0.0833. The molecule has 2 N–H and O–H groups in total. The third-order valence-corrected chi connectivity index (χ3v) is 2.83. The van der Waals surface area contributed by atoms with Crippen molar-refractivity contribution in [3.63, 3.8) is 0 Å². The number of nitrogens with zero attached hydrogens (tertiary/aromatic N) is 4. The number of hydrogen-bond acceptors (Lipinski definition) is 4. The van der Waals surface area contributed by atoms with Gasteiger partial charge in [0, 0.05) is 17.4 Å². The minimum Gasteiger partial charge on any atom is -0.288 e. The highest BCUT2D eigenvalue weighted by Gasteiger charge is 2.30. The summed E-state index contributed by atoms with van der Waals surface area (Å²) >= 11 is 0. The highest BCUT2D eigenvalue weighted by molar-refractivity contribution is 6.04. The second kappa shape index (κ2) is 4.08. The molecule has 1 aliphatic heterocycles. The summed E-state index contributed by atoms with van der Waals surface area (Å²) in [4.78, 5) is 21.7. The van der Waals surface area contributed by atoms with Crippen LogP contribution >= 0.6 is 0 Å². The Labute approximate surface area is 104 Å². The van der Waals surface area contributed by atoms with Gasteiger partial charge in [0.25, 0.3) is 0 Å². The molecule has 2 aromatic rings. The Bertz CT molecular complexity index is 586. The molecule has 6 heteroatoms. The Hall–Kier alpha value is -2.47. The highest BCUT2D eigenvalue weighted by Crippen LogP contribution is 2.27. The van der Waals surface area contributed by atoms with Crippen LogP contribution in [-0.2, 0) is 6.54 Å². The number of para-hydroxylation sites is 1. The Balaban J connectivity index is 2.04. The maximum Gasteiger partial charge on any atom is 0.345 e. The normalized spacial score (nSPS) is 14.6. The molecule has 2 heterocycles. The summed E-state index contributed by atoms with van der Waals surface area (Å²) in [6.07, 6.45) is 3.05. The minimum atomic E-state index is -0.299. The van der Waals surface area contributed by atoms with Gasteiger partial charge in [-0.2, -0.15) is 0 Å². The number of aromatic nitrogens is 2. The van der Waals surface area contributed by atoms with E-state index in [0.717, 1.165) is 16.3 Å². The first-order chi connectivity index (χ1) is 8.77. The molecule has 0 spiro atoms. The van der Waals surface area contributed by atoms with E-state index < -0.39 is 0 Å². The molecule has 18 heavy (non-hydrogen) atoms. The van der Waals surface area contributed by atoms with Gasteiger partial charge in [-0.25, -0.2) is 25.6 Å². The SMILES string of the molecule is NN1C(=O)N(c2ccccc2)Cc2cncnc21. The van der Waals surface area contributed by atoms with Crippen molar-refractivity contribution in [3.8, 4) is 0 Å². The van der Waals surface area contributed by atoms with Crippen LogP contribution in [0.25, 0.3) is 0 Å². The van der Waals surface area contributed by atoms with Gasteiger partial charge in [-0.1, -0.05) is 18.2 Å². The first kappa shape index (κ1) is 10.7. The van der Waals surface area contributed by atoms with Crippen LogP contribution in [-0.4, -0.2) is 16.0 Å². The van der Waals surface area contributed by atoms with Gasteiger partial charge in [0.1, 0.15) is 6.33 Å². The van der Waals surface area contributed by atoms with Crippen molar-refractivity contribution >= 4 is 17.5 Å². The number of amides is 2. The van der Waals surface area contributed by atoms with Gasteiger partial charge in [0.15, 0.2) is 5.82 Å². The average Bonchev–Trinajstić information content (AvgIpc) is 2.44. The molecule has 2 amide bonds. The van der Waals surface area contributed by atoms with E-state index in [-0.39, 0.29) is 6.03 Å². The molecule has 0 radical (unpaired) electrons. The molecule has 3 rings (SSSR count). The number of carbonyl (C=O) groups excluding carboxylic acids is 1. The summed E-state index contributed by atoms with van der Waals surface area (Å²) in [5.74, 6) is 6.23. The van der Waals surface area contributed by atoms with E-state index in [0.29, 0.717) is 12.4 Å². The zero-order valence-electron chi connectivity index (χ0n) is 9.52. The predicted molar refractivity (Wildman–Crippen MR) is 66.7 cm³/mol. The van der Waals surface area contributed by atoms with Gasteiger partial charge in [-0.15, -0.1) is 0 Å². The smallest absolute Gasteiger partial charge is 0.288 e. The number of carbonyl (C=O) groups is 1. The first-order valence-corrected chi connectivity index (χ1v) is 5.47. The third kappa shape index (κ3) is 1.59. The van der Waals surface area contributed by atoms with E-state index in [4.69, 9.17) is 5.84 Å². The monoisotopic (exact) mass is 241 g/mol. The van der Waals surface area contributed by atoms with Crippen LogP contribution in [0.3, 0.4) is 0 Å². The number of urea groups is 1. The maximum atomic E-state index is 12.2. The number of fused-ring (bicyclic) bond motifs is 1. The van der Waals surface area contributed by atoms with Crippen LogP contribution in [0.5, 0.6) is 0 Å². The van der Waals surface area contributed by atoms with Crippen molar-refractivity contribution in [2.45, 2.75) is 6.54 Å². The lowest BCUT2D eigenvalue weighted by Crippen LogP contribution is -2.51. The third-order valence-electron chi connectivity index (χ3n) is 2.83. The van der Waals surface area contributed by atoms with Crippen molar-refractivity contribution in [1.29, 1.82) is 0 Å². The van der Waals surface area contributed by atoms with Crippen molar-refractivity contribution < 1.29 is 4.79 Å². The van der Waals surface area contributed by atoms with Crippen LogP contribution in [0.15, 0.2) is 42.9 Å². The van der Waals surface area contributed by atoms with E-state index in [1.807, 2.05) is 30.3 Å². The van der Waals surface area contributed by atoms with Crippen LogP contribution in [0.1, 0.15) is 5.56 Å². The van der Waals surface area contributed by atoms with Crippen LogP contribution < -0.4 is 15.8 Å². The van der Waals surface area contributed by atoms with Gasteiger partial charge in [0.05, 0.1) is 6.54 Å². The van der Waals surface area contributed by atoms with Crippen molar-refractivity contribution in [1.82, 2.24) is 9.97 Å². The van der Waals surface area contributed by atoms with Crippen molar-refractivity contribution in [2.75, 3.05) is 9.91 Å². The van der Waals surface area contributed by atoms with E-state index in [1.165, 1.54) is 6.33 Å². The zero-order valence-corrected chi connectivity index (χ0v) is 9.52. The largest absolute Gasteiger partial charge is 0.345 e. The summed E-state index contributed by atoms with van der Waals surface area (Å²) < 4.78 is 0. The maximum absolute atomic E-state index is 12.2. The van der Waals surface area contributed by atoms with E-state index in [9.17, 15) is 4.79 Å². The Morgan fingerprint density at radius 1 is 1.22 bits per heavy atom. The Kier molecular flexibility index (Phi) is 2.42. The number of hydrazine groups is 1. The van der Waals surface area contributed by atoms with Crippen molar-refractivity contribution in [2.24, 2.45) is 5.84 Å². The quantitative estimate of drug-likeness (QED) is 0.603. The Morgan fingerprint density at radius 3 is 2.78 bits per heavy atom. The zero-order chi connectivity index (χ0) is 12.5. The topological polar surface area (TPSA) is 75.3 Å².